The van der Waals surface area contributed by atoms with Gasteiger partial charge < -0.3 is 15.8 Å². The van der Waals surface area contributed by atoms with Crippen molar-refractivity contribution in [1.29, 1.82) is 0 Å². The number of anilines is 2. The molecule has 0 atom stereocenters. The first kappa shape index (κ1) is 21.9. The minimum atomic E-state index is -0.350. The number of methoxy groups -OCH3 is 1. The highest BCUT2D eigenvalue weighted by Gasteiger charge is 2.22. The number of hydrogen-bond donors (Lipinski definition) is 2. The van der Waals surface area contributed by atoms with Crippen LogP contribution in [0.5, 0.6) is 5.75 Å². The van der Waals surface area contributed by atoms with E-state index in [0.29, 0.717) is 26.2 Å². The van der Waals surface area contributed by atoms with Crippen molar-refractivity contribution in [2.45, 2.75) is 0 Å². The van der Waals surface area contributed by atoms with Crippen LogP contribution >= 0.6 is 22.9 Å². The number of thiophene rings is 1. The lowest BCUT2D eigenvalue weighted by Gasteiger charge is -2.10. The molecule has 168 valence electrons. The number of amides is 1. The molecule has 5 rings (SSSR count). The number of nitrogens with two attached hydrogens (primary N) is 1. The molecule has 0 spiro atoms. The second-order valence-electron chi connectivity index (χ2n) is 7.49. The van der Waals surface area contributed by atoms with E-state index in [2.05, 4.69) is 10.3 Å². The average Bonchev–Trinajstić information content (AvgIpc) is 3.22. The van der Waals surface area contributed by atoms with Crippen molar-refractivity contribution in [3.63, 3.8) is 0 Å². The molecule has 1 amide bonds. The van der Waals surface area contributed by atoms with Gasteiger partial charge in [0.05, 0.1) is 23.5 Å². The van der Waals surface area contributed by atoms with Gasteiger partial charge in [0.25, 0.3) is 5.91 Å². The van der Waals surface area contributed by atoms with E-state index in [-0.39, 0.29) is 5.91 Å². The first-order chi connectivity index (χ1) is 16.5. The molecule has 3 aromatic heterocycles. The SMILES string of the molecule is COc1ccc(-c2cc(-c3ccccc3)nc3sc(C(=O)Nc4ccc(Cl)cn4)c(N)c23)cc1. The van der Waals surface area contributed by atoms with Crippen molar-refractivity contribution in [2.24, 2.45) is 0 Å². The van der Waals surface area contributed by atoms with Gasteiger partial charge in [0.15, 0.2) is 0 Å². The molecule has 0 saturated carbocycles. The van der Waals surface area contributed by atoms with E-state index in [4.69, 9.17) is 27.1 Å². The number of fused-ring (bicyclic) bond motifs is 1. The van der Waals surface area contributed by atoms with Crippen LogP contribution in [0.25, 0.3) is 32.6 Å². The summed E-state index contributed by atoms with van der Waals surface area (Å²) in [6.45, 7) is 0. The molecule has 2 aromatic carbocycles. The molecule has 0 aliphatic heterocycles. The summed E-state index contributed by atoms with van der Waals surface area (Å²) < 4.78 is 5.31. The van der Waals surface area contributed by atoms with Crippen molar-refractivity contribution < 1.29 is 9.53 Å². The zero-order chi connectivity index (χ0) is 23.7. The van der Waals surface area contributed by atoms with Gasteiger partial charge in [0.2, 0.25) is 0 Å². The highest BCUT2D eigenvalue weighted by atomic mass is 35.5. The van der Waals surface area contributed by atoms with E-state index in [1.165, 1.54) is 17.5 Å². The van der Waals surface area contributed by atoms with Crippen LogP contribution in [-0.4, -0.2) is 23.0 Å². The van der Waals surface area contributed by atoms with Crippen LogP contribution in [0.15, 0.2) is 79.0 Å². The number of nitrogen functional groups attached to an aromatic ring is 1. The fraction of sp³-hybridized carbons (Fsp3) is 0.0385. The summed E-state index contributed by atoms with van der Waals surface area (Å²) in [5, 5.41) is 4.01. The topological polar surface area (TPSA) is 90.1 Å². The van der Waals surface area contributed by atoms with E-state index in [1.54, 1.807) is 19.2 Å². The Morgan fingerprint density at radius 3 is 2.47 bits per heavy atom. The van der Waals surface area contributed by atoms with E-state index in [9.17, 15) is 4.79 Å². The second kappa shape index (κ2) is 9.13. The Balaban J connectivity index is 1.65. The summed E-state index contributed by atoms with van der Waals surface area (Å²) >= 11 is 7.15. The molecule has 8 heteroatoms. The second-order valence-corrected chi connectivity index (χ2v) is 8.93. The highest BCUT2D eigenvalue weighted by molar-refractivity contribution is 7.21. The Kier molecular flexibility index (Phi) is 5.88. The molecule has 6 nitrogen and oxygen atoms in total. The number of carbonyl (C=O) groups is 1. The highest BCUT2D eigenvalue weighted by Crippen LogP contribution is 2.41. The molecule has 5 aromatic rings. The molecule has 0 fully saturated rings. The van der Waals surface area contributed by atoms with Crippen LogP contribution in [0.1, 0.15) is 9.67 Å². The predicted molar refractivity (Wildman–Crippen MR) is 139 cm³/mol. The Labute approximate surface area is 205 Å². The molecule has 0 radical (unpaired) electrons. The maximum absolute atomic E-state index is 13.1. The number of nitrogens with zero attached hydrogens (tertiary/aromatic N) is 2. The Hall–Kier alpha value is -3.94. The molecule has 0 saturated heterocycles. The number of pyridine rings is 2. The summed E-state index contributed by atoms with van der Waals surface area (Å²) in [5.41, 5.74) is 10.5. The molecule has 3 heterocycles. The zero-order valence-electron chi connectivity index (χ0n) is 18.1. The average molecular weight is 487 g/mol. The lowest BCUT2D eigenvalue weighted by atomic mass is 9.99. The fourth-order valence-corrected chi connectivity index (χ4v) is 4.79. The number of halogens is 1. The van der Waals surface area contributed by atoms with E-state index >= 15 is 0 Å². The van der Waals surface area contributed by atoms with Gasteiger partial charge in [-0.3, -0.25) is 4.79 Å². The van der Waals surface area contributed by atoms with Gasteiger partial charge in [-0.25, -0.2) is 9.97 Å². The normalized spacial score (nSPS) is 10.9. The fourth-order valence-electron chi connectivity index (χ4n) is 3.67. The van der Waals surface area contributed by atoms with Crippen molar-refractivity contribution in [2.75, 3.05) is 18.2 Å². The standard InChI is InChI=1S/C26H19ClN4O2S/c1-33-18-10-7-15(8-11-18)19-13-20(16-5-3-2-4-6-16)30-26-22(19)23(28)24(34-26)25(32)31-21-12-9-17(27)14-29-21/h2-14H,28H2,1H3,(H,29,31,32). The van der Waals surface area contributed by atoms with Crippen molar-refractivity contribution in [3.8, 4) is 28.1 Å². The number of aromatic nitrogens is 2. The third kappa shape index (κ3) is 4.19. The third-order valence-electron chi connectivity index (χ3n) is 5.34. The van der Waals surface area contributed by atoms with E-state index < -0.39 is 0 Å². The maximum Gasteiger partial charge on any atom is 0.269 e. The Morgan fingerprint density at radius 1 is 1.03 bits per heavy atom. The summed E-state index contributed by atoms with van der Waals surface area (Å²) in [4.78, 5) is 23.1. The zero-order valence-corrected chi connectivity index (χ0v) is 19.7. The monoisotopic (exact) mass is 486 g/mol. The van der Waals surface area contributed by atoms with E-state index in [1.807, 2.05) is 60.7 Å². The summed E-state index contributed by atoms with van der Waals surface area (Å²) in [7, 11) is 1.63. The number of benzene rings is 2. The Morgan fingerprint density at radius 2 is 1.79 bits per heavy atom. The molecule has 0 aliphatic rings. The van der Waals surface area contributed by atoms with Gasteiger partial charge in [0.1, 0.15) is 21.3 Å². The van der Waals surface area contributed by atoms with Gasteiger partial charge in [-0.2, -0.15) is 0 Å². The van der Waals surface area contributed by atoms with Crippen LogP contribution in [-0.2, 0) is 0 Å². The van der Waals surface area contributed by atoms with Gasteiger partial charge in [-0.05, 0) is 41.5 Å². The minimum Gasteiger partial charge on any atom is -0.497 e. The predicted octanol–water partition coefficient (Wildman–Crippen LogP) is 6.52. The molecular formula is C26H19ClN4O2S. The van der Waals surface area contributed by atoms with Gasteiger partial charge in [0, 0.05) is 17.1 Å². The van der Waals surface area contributed by atoms with Crippen LogP contribution < -0.4 is 15.8 Å². The molecule has 0 aliphatic carbocycles. The number of carbonyl (C=O) groups excluding carboxylic acids is 1. The summed E-state index contributed by atoms with van der Waals surface area (Å²) in [6.07, 6.45) is 1.47. The number of nitrogens with one attached hydrogen (secondary N) is 1. The summed E-state index contributed by atoms with van der Waals surface area (Å²) in [6, 6.07) is 22.9. The van der Waals surface area contributed by atoms with Gasteiger partial charge >= 0.3 is 0 Å². The maximum atomic E-state index is 13.1. The first-order valence-corrected chi connectivity index (χ1v) is 11.6. The summed E-state index contributed by atoms with van der Waals surface area (Å²) in [5.74, 6) is 0.794. The van der Waals surface area contributed by atoms with Crippen LogP contribution in [0.4, 0.5) is 11.5 Å². The van der Waals surface area contributed by atoms with Crippen LogP contribution in [0.3, 0.4) is 0 Å². The lowest BCUT2D eigenvalue weighted by Crippen LogP contribution is -2.12. The smallest absolute Gasteiger partial charge is 0.269 e. The molecule has 0 unspecified atom stereocenters. The largest absolute Gasteiger partial charge is 0.497 e. The first-order valence-electron chi connectivity index (χ1n) is 10.4. The molecular weight excluding hydrogens is 468 g/mol. The molecule has 3 N–H and O–H groups in total. The van der Waals surface area contributed by atoms with Crippen LogP contribution in [0.2, 0.25) is 5.02 Å². The van der Waals surface area contributed by atoms with Crippen molar-refractivity contribution in [3.05, 3.63) is 88.9 Å². The van der Waals surface area contributed by atoms with Crippen LogP contribution in [0, 0.1) is 0 Å². The lowest BCUT2D eigenvalue weighted by molar-refractivity contribution is 0.103. The van der Waals surface area contributed by atoms with E-state index in [0.717, 1.165) is 33.5 Å². The minimum absolute atomic E-state index is 0.350. The molecule has 0 bridgehead atoms. The quantitative estimate of drug-likeness (QED) is 0.295. The number of ether oxygens (including phenoxy) is 1. The number of rotatable bonds is 5. The van der Waals surface area contributed by atoms with Gasteiger partial charge in [-0.1, -0.05) is 54.1 Å². The van der Waals surface area contributed by atoms with Gasteiger partial charge in [-0.15, -0.1) is 11.3 Å². The number of hydrogen-bond acceptors (Lipinski definition) is 6. The van der Waals surface area contributed by atoms with Crippen molar-refractivity contribution in [1.82, 2.24) is 9.97 Å². The molecule has 34 heavy (non-hydrogen) atoms. The van der Waals surface area contributed by atoms with Crippen molar-refractivity contribution >= 4 is 50.6 Å². The third-order valence-corrected chi connectivity index (χ3v) is 6.67. The Bertz CT molecular complexity index is 1480.